The van der Waals surface area contributed by atoms with Crippen molar-refractivity contribution in [3.63, 3.8) is 0 Å². The van der Waals surface area contributed by atoms with Gasteiger partial charge in [0, 0.05) is 10.0 Å². The van der Waals surface area contributed by atoms with Crippen molar-refractivity contribution in [1.29, 1.82) is 0 Å². The van der Waals surface area contributed by atoms with Gasteiger partial charge in [-0.2, -0.15) is 0 Å². The number of carbonyl (C=O) groups is 1. The van der Waals surface area contributed by atoms with Gasteiger partial charge in [0.1, 0.15) is 5.75 Å². The number of carbonyl (C=O) groups excluding carboxylic acids is 1. The minimum atomic E-state index is -0.103. The van der Waals surface area contributed by atoms with Crippen LogP contribution >= 0.6 is 15.9 Å². The molecule has 1 amide bonds. The normalized spacial score (nSPS) is 11.1. The van der Waals surface area contributed by atoms with Gasteiger partial charge in [0.2, 0.25) is 0 Å². The second kappa shape index (κ2) is 5.70. The SMILES string of the molecule is C/C=C(\C)C(=O)Nc1ccc(OC)cc1Br. The molecule has 0 aromatic heterocycles. The highest BCUT2D eigenvalue weighted by molar-refractivity contribution is 9.10. The molecule has 0 aliphatic heterocycles. The van der Waals surface area contributed by atoms with Crippen molar-refractivity contribution < 1.29 is 9.53 Å². The van der Waals surface area contributed by atoms with Gasteiger partial charge in [-0.25, -0.2) is 0 Å². The first-order chi connectivity index (χ1) is 7.58. The third-order valence-electron chi connectivity index (χ3n) is 2.22. The standard InChI is InChI=1S/C12H14BrNO2/c1-4-8(2)12(15)14-11-6-5-9(16-3)7-10(11)13/h4-7H,1-3H3,(H,14,15)/b8-4+. The highest BCUT2D eigenvalue weighted by Gasteiger charge is 2.07. The second-order valence-corrected chi connectivity index (χ2v) is 4.13. The van der Waals surface area contributed by atoms with Gasteiger partial charge in [-0.3, -0.25) is 4.79 Å². The molecule has 86 valence electrons. The van der Waals surface area contributed by atoms with Gasteiger partial charge < -0.3 is 10.1 Å². The van der Waals surface area contributed by atoms with E-state index in [-0.39, 0.29) is 5.91 Å². The van der Waals surface area contributed by atoms with E-state index in [0.717, 1.165) is 15.9 Å². The molecule has 4 heteroatoms. The summed E-state index contributed by atoms with van der Waals surface area (Å²) in [5, 5.41) is 2.80. The Hall–Kier alpha value is -1.29. The van der Waals surface area contributed by atoms with E-state index < -0.39 is 0 Å². The molecular formula is C12H14BrNO2. The van der Waals surface area contributed by atoms with Crippen LogP contribution in [0.25, 0.3) is 0 Å². The summed E-state index contributed by atoms with van der Waals surface area (Å²) in [5.74, 6) is 0.640. The van der Waals surface area contributed by atoms with Gasteiger partial charge >= 0.3 is 0 Å². The van der Waals surface area contributed by atoms with E-state index >= 15 is 0 Å². The van der Waals surface area contributed by atoms with Gasteiger partial charge in [-0.05, 0) is 48.0 Å². The van der Waals surface area contributed by atoms with Crippen LogP contribution in [0.4, 0.5) is 5.69 Å². The van der Waals surface area contributed by atoms with Crippen molar-refractivity contribution in [2.45, 2.75) is 13.8 Å². The van der Waals surface area contributed by atoms with Crippen LogP contribution in [0.15, 0.2) is 34.3 Å². The largest absolute Gasteiger partial charge is 0.497 e. The summed E-state index contributed by atoms with van der Waals surface area (Å²) in [6.45, 7) is 3.60. The molecule has 0 unspecified atom stereocenters. The van der Waals surface area contributed by atoms with Crippen molar-refractivity contribution in [2.24, 2.45) is 0 Å². The maximum absolute atomic E-state index is 11.6. The van der Waals surface area contributed by atoms with Crippen LogP contribution in [0.2, 0.25) is 0 Å². The Balaban J connectivity index is 2.86. The Bertz CT molecular complexity index is 427. The molecule has 1 N–H and O–H groups in total. The number of hydrogen-bond donors (Lipinski definition) is 1. The lowest BCUT2D eigenvalue weighted by Gasteiger charge is -2.08. The predicted octanol–water partition coefficient (Wildman–Crippen LogP) is 3.36. The lowest BCUT2D eigenvalue weighted by atomic mass is 10.2. The smallest absolute Gasteiger partial charge is 0.250 e. The van der Waals surface area contributed by atoms with Crippen molar-refractivity contribution in [3.8, 4) is 5.75 Å². The van der Waals surface area contributed by atoms with Gasteiger partial charge in [0.05, 0.1) is 12.8 Å². The number of ether oxygens (including phenoxy) is 1. The molecule has 0 fully saturated rings. The molecule has 0 aliphatic rings. The van der Waals surface area contributed by atoms with E-state index in [4.69, 9.17) is 4.74 Å². The minimum Gasteiger partial charge on any atom is -0.497 e. The molecule has 0 bridgehead atoms. The van der Waals surface area contributed by atoms with E-state index in [1.54, 1.807) is 38.3 Å². The summed E-state index contributed by atoms with van der Waals surface area (Å²) in [5.41, 5.74) is 1.41. The first kappa shape index (κ1) is 12.8. The number of amides is 1. The number of halogens is 1. The maximum atomic E-state index is 11.6. The fourth-order valence-electron chi connectivity index (χ4n) is 1.08. The molecule has 0 atom stereocenters. The summed E-state index contributed by atoms with van der Waals surface area (Å²) in [4.78, 5) is 11.6. The molecule has 0 radical (unpaired) electrons. The maximum Gasteiger partial charge on any atom is 0.250 e. The molecule has 0 aliphatic carbocycles. The molecular weight excluding hydrogens is 270 g/mol. The summed E-state index contributed by atoms with van der Waals surface area (Å²) in [7, 11) is 1.60. The van der Waals surface area contributed by atoms with Crippen LogP contribution in [0.5, 0.6) is 5.75 Å². The molecule has 0 saturated heterocycles. The van der Waals surface area contributed by atoms with Gasteiger partial charge in [-0.15, -0.1) is 0 Å². The molecule has 1 rings (SSSR count). The zero-order valence-corrected chi connectivity index (χ0v) is 11.1. The highest BCUT2D eigenvalue weighted by atomic mass is 79.9. The Morgan fingerprint density at radius 2 is 2.19 bits per heavy atom. The first-order valence-corrected chi connectivity index (χ1v) is 5.65. The Morgan fingerprint density at radius 1 is 1.50 bits per heavy atom. The second-order valence-electron chi connectivity index (χ2n) is 3.27. The van der Waals surface area contributed by atoms with E-state index in [2.05, 4.69) is 21.2 Å². The lowest BCUT2D eigenvalue weighted by molar-refractivity contribution is -0.112. The number of anilines is 1. The summed E-state index contributed by atoms with van der Waals surface area (Å²) < 4.78 is 5.86. The minimum absolute atomic E-state index is 0.103. The van der Waals surface area contributed by atoms with Crippen LogP contribution in [0.1, 0.15) is 13.8 Å². The van der Waals surface area contributed by atoms with Gasteiger partial charge in [0.25, 0.3) is 5.91 Å². The van der Waals surface area contributed by atoms with E-state index in [1.807, 2.05) is 6.92 Å². The average Bonchev–Trinajstić information content (AvgIpc) is 2.30. The van der Waals surface area contributed by atoms with Crippen molar-refractivity contribution >= 4 is 27.5 Å². The quantitative estimate of drug-likeness (QED) is 0.864. The van der Waals surface area contributed by atoms with Crippen LogP contribution in [0.3, 0.4) is 0 Å². The van der Waals surface area contributed by atoms with Crippen molar-refractivity contribution in [2.75, 3.05) is 12.4 Å². The highest BCUT2D eigenvalue weighted by Crippen LogP contribution is 2.27. The monoisotopic (exact) mass is 283 g/mol. The molecule has 0 spiro atoms. The average molecular weight is 284 g/mol. The van der Waals surface area contributed by atoms with Crippen LogP contribution < -0.4 is 10.1 Å². The lowest BCUT2D eigenvalue weighted by Crippen LogP contribution is -2.12. The number of rotatable bonds is 3. The van der Waals surface area contributed by atoms with Gasteiger partial charge in [-0.1, -0.05) is 6.08 Å². The van der Waals surface area contributed by atoms with E-state index in [9.17, 15) is 4.79 Å². The summed E-state index contributed by atoms with van der Waals surface area (Å²) in [6.07, 6.45) is 1.77. The number of allylic oxidation sites excluding steroid dienone is 1. The molecule has 16 heavy (non-hydrogen) atoms. The van der Waals surface area contributed by atoms with Crippen LogP contribution in [-0.4, -0.2) is 13.0 Å². The third kappa shape index (κ3) is 3.10. The molecule has 0 saturated carbocycles. The molecule has 1 aromatic rings. The Labute approximate surface area is 104 Å². The zero-order chi connectivity index (χ0) is 12.1. The Morgan fingerprint density at radius 3 is 2.69 bits per heavy atom. The third-order valence-corrected chi connectivity index (χ3v) is 2.87. The number of benzene rings is 1. The van der Waals surface area contributed by atoms with Crippen LogP contribution in [0, 0.1) is 0 Å². The molecule has 1 aromatic carbocycles. The van der Waals surface area contributed by atoms with Crippen molar-refractivity contribution in [3.05, 3.63) is 34.3 Å². The van der Waals surface area contributed by atoms with Crippen molar-refractivity contribution in [1.82, 2.24) is 0 Å². The topological polar surface area (TPSA) is 38.3 Å². The zero-order valence-electron chi connectivity index (χ0n) is 9.50. The number of nitrogens with one attached hydrogen (secondary N) is 1. The fourth-order valence-corrected chi connectivity index (χ4v) is 1.53. The Kier molecular flexibility index (Phi) is 4.55. The summed E-state index contributed by atoms with van der Waals surface area (Å²) in [6, 6.07) is 5.40. The van der Waals surface area contributed by atoms with Crippen LogP contribution in [-0.2, 0) is 4.79 Å². The summed E-state index contributed by atoms with van der Waals surface area (Å²) >= 11 is 3.37. The number of hydrogen-bond acceptors (Lipinski definition) is 2. The van der Waals surface area contributed by atoms with E-state index in [0.29, 0.717) is 5.57 Å². The fraction of sp³-hybridized carbons (Fsp3) is 0.250. The molecule has 0 heterocycles. The van der Waals surface area contributed by atoms with Gasteiger partial charge in [0.15, 0.2) is 0 Å². The number of methoxy groups -OCH3 is 1. The predicted molar refractivity (Wildman–Crippen MR) is 68.8 cm³/mol. The first-order valence-electron chi connectivity index (χ1n) is 4.86. The molecule has 3 nitrogen and oxygen atoms in total. The van der Waals surface area contributed by atoms with E-state index in [1.165, 1.54) is 0 Å².